The average molecular weight is 255 g/mol. The van der Waals surface area contributed by atoms with Crippen LogP contribution in [0.1, 0.15) is 32.4 Å². The van der Waals surface area contributed by atoms with Crippen LogP contribution in [-0.2, 0) is 0 Å². The van der Waals surface area contributed by atoms with Crippen molar-refractivity contribution in [2.24, 2.45) is 5.92 Å². The summed E-state index contributed by atoms with van der Waals surface area (Å²) in [4.78, 5) is 0. The van der Waals surface area contributed by atoms with Gasteiger partial charge in [0.05, 0.1) is 7.11 Å². The maximum atomic E-state index is 13.6. The van der Waals surface area contributed by atoms with Crippen LogP contribution < -0.4 is 10.1 Å². The molecule has 0 fully saturated rings. The third-order valence-corrected chi connectivity index (χ3v) is 3.33. The molecule has 18 heavy (non-hydrogen) atoms. The number of nitrogens with one attached hydrogen (secondary N) is 1. The lowest BCUT2D eigenvalue weighted by Crippen LogP contribution is -2.35. The number of methoxy groups -OCH3 is 1. The van der Waals surface area contributed by atoms with Crippen molar-refractivity contribution in [2.45, 2.75) is 32.9 Å². The van der Waals surface area contributed by atoms with E-state index in [2.05, 4.69) is 5.32 Å². The molecule has 0 aliphatic heterocycles. The molecule has 102 valence electrons. The summed E-state index contributed by atoms with van der Waals surface area (Å²) in [5.74, 6) is 0.0600. The number of hydrogen-bond acceptors (Lipinski definition) is 3. The highest BCUT2D eigenvalue weighted by molar-refractivity contribution is 5.30. The smallest absolute Gasteiger partial charge is 0.165 e. The summed E-state index contributed by atoms with van der Waals surface area (Å²) in [6, 6.07) is 5.13. The van der Waals surface area contributed by atoms with Crippen molar-refractivity contribution >= 4 is 0 Å². The van der Waals surface area contributed by atoms with Crippen molar-refractivity contribution in [3.63, 3.8) is 0 Å². The highest BCUT2D eigenvalue weighted by Gasteiger charge is 2.15. The predicted octanol–water partition coefficient (Wildman–Crippen LogP) is 2.50. The van der Waals surface area contributed by atoms with Gasteiger partial charge in [-0.2, -0.15) is 0 Å². The van der Waals surface area contributed by atoms with Gasteiger partial charge in [-0.25, -0.2) is 4.39 Å². The van der Waals surface area contributed by atoms with E-state index in [-0.39, 0.29) is 36.2 Å². The van der Waals surface area contributed by atoms with E-state index in [1.54, 1.807) is 6.07 Å². The molecule has 3 unspecified atom stereocenters. The second-order valence-corrected chi connectivity index (χ2v) is 4.73. The standard InChI is InChI=1S/C14H22FNO2/c1-9(8-17)10(2)16-11(3)12-5-6-14(18-4)13(15)7-12/h5-7,9-11,16-17H,8H2,1-4H3. The number of halogens is 1. The first-order valence-corrected chi connectivity index (χ1v) is 6.20. The van der Waals surface area contributed by atoms with Gasteiger partial charge < -0.3 is 15.2 Å². The predicted molar refractivity (Wildman–Crippen MR) is 70.2 cm³/mol. The Balaban J connectivity index is 2.72. The van der Waals surface area contributed by atoms with Gasteiger partial charge in [-0.1, -0.05) is 13.0 Å². The van der Waals surface area contributed by atoms with E-state index in [9.17, 15) is 4.39 Å². The number of benzene rings is 1. The third kappa shape index (κ3) is 3.68. The molecule has 0 bridgehead atoms. The van der Waals surface area contributed by atoms with E-state index in [4.69, 9.17) is 9.84 Å². The van der Waals surface area contributed by atoms with Gasteiger partial charge in [0.1, 0.15) is 0 Å². The number of ether oxygens (including phenoxy) is 1. The van der Waals surface area contributed by atoms with Gasteiger partial charge in [0, 0.05) is 18.7 Å². The lowest BCUT2D eigenvalue weighted by Gasteiger charge is -2.24. The minimum absolute atomic E-state index is 0.0226. The normalized spacial score (nSPS) is 16.1. The van der Waals surface area contributed by atoms with E-state index in [1.807, 2.05) is 26.8 Å². The molecule has 1 rings (SSSR count). The van der Waals surface area contributed by atoms with E-state index < -0.39 is 0 Å². The molecule has 0 amide bonds. The lowest BCUT2D eigenvalue weighted by atomic mass is 10.0. The Morgan fingerprint density at radius 2 is 2.00 bits per heavy atom. The van der Waals surface area contributed by atoms with Gasteiger partial charge in [-0.05, 0) is 37.5 Å². The van der Waals surface area contributed by atoms with Crippen LogP contribution in [-0.4, -0.2) is 24.9 Å². The molecule has 0 spiro atoms. The van der Waals surface area contributed by atoms with Gasteiger partial charge in [0.15, 0.2) is 11.6 Å². The summed E-state index contributed by atoms with van der Waals surface area (Å²) in [5, 5.41) is 12.4. The van der Waals surface area contributed by atoms with Crippen LogP contribution in [0.25, 0.3) is 0 Å². The van der Waals surface area contributed by atoms with E-state index in [0.717, 1.165) is 5.56 Å². The maximum absolute atomic E-state index is 13.6. The van der Waals surface area contributed by atoms with Crippen LogP contribution in [0, 0.1) is 11.7 Å². The SMILES string of the molecule is COc1ccc(C(C)NC(C)C(C)CO)cc1F. The molecule has 1 aromatic carbocycles. The minimum Gasteiger partial charge on any atom is -0.494 e. The largest absolute Gasteiger partial charge is 0.494 e. The Labute approximate surface area is 108 Å². The van der Waals surface area contributed by atoms with Crippen molar-refractivity contribution in [1.82, 2.24) is 5.32 Å². The monoisotopic (exact) mass is 255 g/mol. The van der Waals surface area contributed by atoms with Crippen LogP contribution >= 0.6 is 0 Å². The van der Waals surface area contributed by atoms with Gasteiger partial charge in [-0.15, -0.1) is 0 Å². The van der Waals surface area contributed by atoms with E-state index in [1.165, 1.54) is 13.2 Å². The van der Waals surface area contributed by atoms with E-state index in [0.29, 0.717) is 0 Å². The summed E-state index contributed by atoms with van der Waals surface area (Å²) < 4.78 is 18.5. The Hall–Kier alpha value is -1.13. The molecule has 2 N–H and O–H groups in total. The number of aliphatic hydroxyl groups is 1. The summed E-state index contributed by atoms with van der Waals surface area (Å²) in [5.41, 5.74) is 0.866. The van der Waals surface area contributed by atoms with Crippen LogP contribution in [0.5, 0.6) is 5.75 Å². The van der Waals surface area contributed by atoms with Gasteiger partial charge in [-0.3, -0.25) is 0 Å². The molecule has 3 nitrogen and oxygen atoms in total. The third-order valence-electron chi connectivity index (χ3n) is 3.33. The number of rotatable bonds is 6. The summed E-state index contributed by atoms with van der Waals surface area (Å²) in [6.07, 6.45) is 0. The molecule has 3 atom stereocenters. The molecule has 0 saturated heterocycles. The Bertz CT molecular complexity index is 384. The fraction of sp³-hybridized carbons (Fsp3) is 0.571. The zero-order valence-electron chi connectivity index (χ0n) is 11.4. The van der Waals surface area contributed by atoms with Crippen LogP contribution in [0.4, 0.5) is 4.39 Å². The lowest BCUT2D eigenvalue weighted by molar-refractivity contribution is 0.202. The first-order chi connectivity index (χ1) is 8.49. The first-order valence-electron chi connectivity index (χ1n) is 6.20. The minimum atomic E-state index is -0.355. The topological polar surface area (TPSA) is 41.5 Å². The second kappa shape index (κ2) is 6.71. The fourth-order valence-corrected chi connectivity index (χ4v) is 1.76. The quantitative estimate of drug-likeness (QED) is 0.820. The first kappa shape index (κ1) is 14.9. The van der Waals surface area contributed by atoms with Crippen molar-refractivity contribution in [1.29, 1.82) is 0 Å². The Morgan fingerprint density at radius 3 is 2.50 bits per heavy atom. The van der Waals surface area contributed by atoms with Gasteiger partial charge in [0.25, 0.3) is 0 Å². The van der Waals surface area contributed by atoms with Crippen LogP contribution in [0.3, 0.4) is 0 Å². The van der Waals surface area contributed by atoms with Gasteiger partial charge in [0.2, 0.25) is 0 Å². The summed E-state index contributed by atoms with van der Waals surface area (Å²) in [6.45, 7) is 6.09. The summed E-state index contributed by atoms with van der Waals surface area (Å²) in [7, 11) is 1.45. The van der Waals surface area contributed by atoms with E-state index >= 15 is 0 Å². The fourth-order valence-electron chi connectivity index (χ4n) is 1.76. The summed E-state index contributed by atoms with van der Waals surface area (Å²) >= 11 is 0. The van der Waals surface area contributed by atoms with Crippen molar-refractivity contribution in [2.75, 3.05) is 13.7 Å². The number of aliphatic hydroxyl groups excluding tert-OH is 1. The zero-order valence-corrected chi connectivity index (χ0v) is 11.4. The molecular weight excluding hydrogens is 233 g/mol. The van der Waals surface area contributed by atoms with Crippen LogP contribution in [0.2, 0.25) is 0 Å². The maximum Gasteiger partial charge on any atom is 0.165 e. The highest BCUT2D eigenvalue weighted by Crippen LogP contribution is 2.22. The molecule has 4 heteroatoms. The molecule has 1 aromatic rings. The molecule has 0 saturated carbocycles. The van der Waals surface area contributed by atoms with Crippen LogP contribution in [0.15, 0.2) is 18.2 Å². The Kier molecular flexibility index (Phi) is 5.56. The molecule has 0 aliphatic carbocycles. The molecule has 0 heterocycles. The zero-order chi connectivity index (χ0) is 13.7. The van der Waals surface area contributed by atoms with Gasteiger partial charge >= 0.3 is 0 Å². The van der Waals surface area contributed by atoms with Crippen molar-refractivity contribution in [3.05, 3.63) is 29.6 Å². The molecule has 0 radical (unpaired) electrons. The van der Waals surface area contributed by atoms with Crippen molar-refractivity contribution < 1.29 is 14.2 Å². The molecule has 0 aromatic heterocycles. The second-order valence-electron chi connectivity index (χ2n) is 4.73. The van der Waals surface area contributed by atoms with Crippen molar-refractivity contribution in [3.8, 4) is 5.75 Å². The number of hydrogen-bond donors (Lipinski definition) is 2. The molecular formula is C14H22FNO2. The highest BCUT2D eigenvalue weighted by atomic mass is 19.1. The molecule has 0 aliphatic rings. The average Bonchev–Trinajstić information content (AvgIpc) is 2.37. The Morgan fingerprint density at radius 1 is 1.33 bits per heavy atom.